The van der Waals surface area contributed by atoms with Crippen molar-refractivity contribution in [1.82, 2.24) is 15.0 Å². The summed E-state index contributed by atoms with van der Waals surface area (Å²) < 4.78 is 30.6. The van der Waals surface area contributed by atoms with Crippen LogP contribution in [-0.4, -0.2) is 15.0 Å². The molecule has 17 heavy (non-hydrogen) atoms. The number of ether oxygens (including phenoxy) is 1. The molecule has 0 fully saturated rings. The minimum atomic E-state index is -2.58. The van der Waals surface area contributed by atoms with Gasteiger partial charge in [-0.2, -0.15) is 0 Å². The largest absolute Gasteiger partial charge is 0.436 e. The zero-order chi connectivity index (χ0) is 12.3. The van der Waals surface area contributed by atoms with E-state index in [9.17, 15) is 8.78 Å². The van der Waals surface area contributed by atoms with Gasteiger partial charge in [-0.3, -0.25) is 4.98 Å². The standard InChI is InChI=1S/C10H6F2IN3O/c11-9(12)8-2-1-6(3-15-8)17-10-7(13)4-14-5-16-10/h1-5,9H. The van der Waals surface area contributed by atoms with Crippen molar-refractivity contribution in [3.8, 4) is 11.6 Å². The summed E-state index contributed by atoms with van der Waals surface area (Å²) in [6.45, 7) is 0. The molecule has 0 bridgehead atoms. The van der Waals surface area contributed by atoms with Gasteiger partial charge in [-0.05, 0) is 34.7 Å². The van der Waals surface area contributed by atoms with E-state index in [-0.39, 0.29) is 5.69 Å². The van der Waals surface area contributed by atoms with E-state index in [1.807, 2.05) is 22.6 Å². The monoisotopic (exact) mass is 349 g/mol. The highest BCUT2D eigenvalue weighted by Gasteiger charge is 2.09. The van der Waals surface area contributed by atoms with Gasteiger partial charge in [0.1, 0.15) is 17.8 Å². The lowest BCUT2D eigenvalue weighted by molar-refractivity contribution is 0.146. The average Bonchev–Trinajstić information content (AvgIpc) is 2.33. The Kier molecular flexibility index (Phi) is 3.77. The Morgan fingerprint density at radius 2 is 2.00 bits per heavy atom. The molecule has 0 spiro atoms. The molecule has 0 N–H and O–H groups in total. The Morgan fingerprint density at radius 3 is 2.59 bits per heavy atom. The zero-order valence-corrected chi connectivity index (χ0v) is 10.5. The molecule has 0 aliphatic rings. The van der Waals surface area contributed by atoms with Gasteiger partial charge in [0.25, 0.3) is 6.43 Å². The lowest BCUT2D eigenvalue weighted by atomic mass is 10.3. The van der Waals surface area contributed by atoms with Gasteiger partial charge in [0.2, 0.25) is 5.88 Å². The van der Waals surface area contributed by atoms with Crippen LogP contribution < -0.4 is 4.74 Å². The van der Waals surface area contributed by atoms with Crippen molar-refractivity contribution < 1.29 is 13.5 Å². The number of alkyl halides is 2. The Morgan fingerprint density at radius 1 is 1.18 bits per heavy atom. The molecule has 0 aliphatic carbocycles. The van der Waals surface area contributed by atoms with Crippen LogP contribution in [0.1, 0.15) is 12.1 Å². The highest BCUT2D eigenvalue weighted by molar-refractivity contribution is 14.1. The normalized spacial score (nSPS) is 10.6. The van der Waals surface area contributed by atoms with Crippen LogP contribution in [0, 0.1) is 3.57 Å². The summed E-state index contributed by atoms with van der Waals surface area (Å²) >= 11 is 2.01. The van der Waals surface area contributed by atoms with Gasteiger partial charge in [0.15, 0.2) is 0 Å². The van der Waals surface area contributed by atoms with E-state index >= 15 is 0 Å². The number of rotatable bonds is 3. The van der Waals surface area contributed by atoms with E-state index < -0.39 is 6.43 Å². The molecular formula is C10H6F2IN3O. The van der Waals surface area contributed by atoms with E-state index in [1.54, 1.807) is 6.20 Å². The molecule has 2 heterocycles. The van der Waals surface area contributed by atoms with Crippen LogP contribution in [-0.2, 0) is 0 Å². The first-order valence-corrected chi connectivity index (χ1v) is 5.62. The van der Waals surface area contributed by atoms with Crippen molar-refractivity contribution in [3.63, 3.8) is 0 Å². The van der Waals surface area contributed by atoms with Gasteiger partial charge in [0, 0.05) is 6.20 Å². The maximum absolute atomic E-state index is 12.3. The first-order valence-electron chi connectivity index (χ1n) is 4.54. The molecule has 0 aliphatic heterocycles. The van der Waals surface area contributed by atoms with Gasteiger partial charge in [-0.1, -0.05) is 0 Å². The van der Waals surface area contributed by atoms with E-state index in [4.69, 9.17) is 4.74 Å². The summed E-state index contributed by atoms with van der Waals surface area (Å²) in [6, 6.07) is 2.64. The van der Waals surface area contributed by atoms with E-state index in [2.05, 4.69) is 15.0 Å². The van der Waals surface area contributed by atoms with Crippen molar-refractivity contribution in [3.05, 3.63) is 40.1 Å². The second-order valence-corrected chi connectivity index (χ2v) is 4.16. The van der Waals surface area contributed by atoms with Crippen molar-refractivity contribution in [2.24, 2.45) is 0 Å². The minimum Gasteiger partial charge on any atom is -0.436 e. The lowest BCUT2D eigenvalue weighted by Crippen LogP contribution is -1.94. The molecule has 0 saturated heterocycles. The van der Waals surface area contributed by atoms with Crippen LogP contribution in [0.4, 0.5) is 8.78 Å². The van der Waals surface area contributed by atoms with Gasteiger partial charge >= 0.3 is 0 Å². The highest BCUT2D eigenvalue weighted by Crippen LogP contribution is 2.24. The number of hydrogen-bond acceptors (Lipinski definition) is 4. The maximum atomic E-state index is 12.3. The van der Waals surface area contributed by atoms with Gasteiger partial charge in [-0.15, -0.1) is 0 Å². The summed E-state index contributed by atoms with van der Waals surface area (Å²) in [5.74, 6) is 0.721. The Bertz CT molecular complexity index is 507. The number of pyridine rings is 1. The number of nitrogens with zero attached hydrogens (tertiary/aromatic N) is 3. The van der Waals surface area contributed by atoms with Crippen LogP contribution in [0.25, 0.3) is 0 Å². The zero-order valence-electron chi connectivity index (χ0n) is 8.35. The second-order valence-electron chi connectivity index (χ2n) is 3.00. The van der Waals surface area contributed by atoms with E-state index in [0.29, 0.717) is 11.6 Å². The third kappa shape index (κ3) is 3.05. The van der Waals surface area contributed by atoms with Gasteiger partial charge in [0.05, 0.1) is 9.77 Å². The summed E-state index contributed by atoms with van der Waals surface area (Å²) in [5.41, 5.74) is -0.283. The van der Waals surface area contributed by atoms with Gasteiger partial charge < -0.3 is 4.74 Å². The molecule has 0 unspecified atom stereocenters. The highest BCUT2D eigenvalue weighted by atomic mass is 127. The summed E-state index contributed by atoms with van der Waals surface area (Å²) in [4.78, 5) is 11.3. The van der Waals surface area contributed by atoms with Crippen molar-refractivity contribution >= 4 is 22.6 Å². The molecular weight excluding hydrogens is 343 g/mol. The third-order valence-electron chi connectivity index (χ3n) is 1.83. The predicted molar refractivity (Wildman–Crippen MR) is 64.0 cm³/mol. The first kappa shape index (κ1) is 12.1. The number of aromatic nitrogens is 3. The van der Waals surface area contributed by atoms with Crippen molar-refractivity contribution in [2.75, 3.05) is 0 Å². The van der Waals surface area contributed by atoms with Crippen molar-refractivity contribution in [1.29, 1.82) is 0 Å². The van der Waals surface area contributed by atoms with Gasteiger partial charge in [-0.25, -0.2) is 18.7 Å². The third-order valence-corrected chi connectivity index (χ3v) is 2.57. The molecule has 0 saturated carbocycles. The van der Waals surface area contributed by atoms with E-state index in [1.165, 1.54) is 24.7 Å². The van der Waals surface area contributed by atoms with Crippen LogP contribution in [0.2, 0.25) is 0 Å². The molecule has 0 aromatic carbocycles. The maximum Gasteiger partial charge on any atom is 0.280 e. The Hall–Kier alpha value is -1.38. The minimum absolute atomic E-state index is 0.283. The fourth-order valence-corrected chi connectivity index (χ4v) is 1.48. The fraction of sp³-hybridized carbons (Fsp3) is 0.100. The average molecular weight is 349 g/mol. The Balaban J connectivity index is 2.17. The molecule has 2 aromatic heterocycles. The topological polar surface area (TPSA) is 47.9 Å². The predicted octanol–water partition coefficient (Wildman–Crippen LogP) is 3.21. The smallest absolute Gasteiger partial charge is 0.280 e. The van der Waals surface area contributed by atoms with Crippen LogP contribution >= 0.6 is 22.6 Å². The molecule has 2 rings (SSSR count). The van der Waals surface area contributed by atoms with Crippen LogP contribution in [0.5, 0.6) is 11.6 Å². The Labute approximate surface area is 109 Å². The SMILES string of the molecule is FC(F)c1ccc(Oc2ncncc2I)cn1. The molecule has 0 atom stereocenters. The fourth-order valence-electron chi connectivity index (χ4n) is 1.07. The molecule has 0 amide bonds. The summed E-state index contributed by atoms with van der Waals surface area (Å²) in [5, 5.41) is 0. The number of halogens is 3. The summed E-state index contributed by atoms with van der Waals surface area (Å²) in [7, 11) is 0. The van der Waals surface area contributed by atoms with E-state index in [0.717, 1.165) is 3.57 Å². The lowest BCUT2D eigenvalue weighted by Gasteiger charge is -2.05. The first-order chi connectivity index (χ1) is 8.16. The second kappa shape index (κ2) is 5.30. The molecule has 7 heteroatoms. The molecule has 0 radical (unpaired) electrons. The molecule has 2 aromatic rings. The quantitative estimate of drug-likeness (QED) is 0.799. The van der Waals surface area contributed by atoms with Crippen molar-refractivity contribution in [2.45, 2.75) is 6.43 Å². The summed E-state index contributed by atoms with van der Waals surface area (Å²) in [6.07, 6.45) is 1.59. The number of hydrogen-bond donors (Lipinski definition) is 0. The molecule has 88 valence electrons. The van der Waals surface area contributed by atoms with Crippen LogP contribution in [0.15, 0.2) is 30.9 Å². The molecule has 4 nitrogen and oxygen atoms in total. The van der Waals surface area contributed by atoms with Crippen LogP contribution in [0.3, 0.4) is 0 Å².